The predicted molar refractivity (Wildman–Crippen MR) is 98.9 cm³/mol. The maximum absolute atomic E-state index is 13.3. The normalized spacial score (nSPS) is 10.9. The summed E-state index contributed by atoms with van der Waals surface area (Å²) in [6.45, 7) is 0. The molecule has 5 nitrogen and oxygen atoms in total. The van der Waals surface area contributed by atoms with Gasteiger partial charge < -0.3 is 10.6 Å². The molecule has 0 saturated heterocycles. The van der Waals surface area contributed by atoms with Gasteiger partial charge in [0.25, 0.3) is 0 Å². The number of hydrogen-bond donors (Lipinski definition) is 2. The zero-order valence-electron chi connectivity index (χ0n) is 13.5. The summed E-state index contributed by atoms with van der Waals surface area (Å²) in [4.78, 5) is 7.71. The Hall–Kier alpha value is -3.12. The first-order valence-corrected chi connectivity index (χ1v) is 8.38. The number of anilines is 4. The molecule has 0 unspecified atom stereocenters. The van der Waals surface area contributed by atoms with Gasteiger partial charge >= 0.3 is 6.18 Å². The number of nitrogens with one attached hydrogen (secondary N) is 2. The Kier molecular flexibility index (Phi) is 5.28. The molecule has 0 radical (unpaired) electrons. The van der Waals surface area contributed by atoms with Crippen molar-refractivity contribution in [1.29, 1.82) is 5.26 Å². The molecule has 0 aliphatic heterocycles. The van der Waals surface area contributed by atoms with Gasteiger partial charge in [0.2, 0.25) is 5.95 Å². The van der Waals surface area contributed by atoms with Crippen LogP contribution in [-0.4, -0.2) is 9.97 Å². The van der Waals surface area contributed by atoms with Crippen LogP contribution in [-0.2, 0) is 6.18 Å². The topological polar surface area (TPSA) is 73.6 Å². The number of nitrogens with zero attached hydrogens (tertiary/aromatic N) is 3. The van der Waals surface area contributed by atoms with Gasteiger partial charge in [-0.05, 0) is 42.5 Å². The van der Waals surface area contributed by atoms with E-state index in [0.717, 1.165) is 6.20 Å². The van der Waals surface area contributed by atoms with Crippen LogP contribution in [0.15, 0.2) is 59.2 Å². The molecule has 136 valence electrons. The Balaban J connectivity index is 1.93. The monoisotopic (exact) mass is 433 g/mol. The smallest absolute Gasteiger partial charge is 0.340 e. The molecule has 3 rings (SSSR count). The van der Waals surface area contributed by atoms with E-state index in [0.29, 0.717) is 21.4 Å². The lowest BCUT2D eigenvalue weighted by atomic mass is 10.2. The van der Waals surface area contributed by atoms with E-state index in [1.54, 1.807) is 48.5 Å². The molecule has 2 aromatic carbocycles. The molecule has 3 aromatic rings. The van der Waals surface area contributed by atoms with Gasteiger partial charge in [0, 0.05) is 22.0 Å². The molecule has 0 amide bonds. The van der Waals surface area contributed by atoms with E-state index >= 15 is 0 Å². The SMILES string of the molecule is N#Cc1ccc(Nc2ncc(C(F)(F)F)c(Nc3cccc(Br)c3)n2)cc1. The Morgan fingerprint density at radius 2 is 1.74 bits per heavy atom. The molecule has 0 spiro atoms. The Labute approximate surface area is 161 Å². The quantitative estimate of drug-likeness (QED) is 0.558. The minimum Gasteiger partial charge on any atom is -0.340 e. The summed E-state index contributed by atoms with van der Waals surface area (Å²) in [6, 6.07) is 15.1. The van der Waals surface area contributed by atoms with Crippen molar-refractivity contribution in [1.82, 2.24) is 9.97 Å². The van der Waals surface area contributed by atoms with Gasteiger partial charge in [0.05, 0.1) is 11.6 Å². The molecule has 0 atom stereocenters. The minimum atomic E-state index is -4.61. The fourth-order valence-electron chi connectivity index (χ4n) is 2.20. The lowest BCUT2D eigenvalue weighted by Crippen LogP contribution is -2.12. The molecule has 0 aliphatic rings. The fourth-order valence-corrected chi connectivity index (χ4v) is 2.60. The summed E-state index contributed by atoms with van der Waals surface area (Å²) < 4.78 is 40.6. The van der Waals surface area contributed by atoms with Crippen LogP contribution in [0, 0.1) is 11.3 Å². The lowest BCUT2D eigenvalue weighted by Gasteiger charge is -2.15. The third kappa shape index (κ3) is 4.74. The zero-order valence-corrected chi connectivity index (χ0v) is 15.1. The van der Waals surface area contributed by atoms with Crippen molar-refractivity contribution in [3.63, 3.8) is 0 Å². The van der Waals surface area contributed by atoms with Crippen molar-refractivity contribution in [3.8, 4) is 6.07 Å². The first-order valence-electron chi connectivity index (χ1n) is 7.59. The predicted octanol–water partition coefficient (Wildman–Crippen LogP) is 5.62. The Bertz CT molecular complexity index is 997. The average molecular weight is 434 g/mol. The second-order valence-corrected chi connectivity index (χ2v) is 6.32. The highest BCUT2D eigenvalue weighted by Gasteiger charge is 2.35. The van der Waals surface area contributed by atoms with E-state index in [1.165, 1.54) is 0 Å². The van der Waals surface area contributed by atoms with Gasteiger partial charge in [0.15, 0.2) is 0 Å². The van der Waals surface area contributed by atoms with Crippen LogP contribution >= 0.6 is 15.9 Å². The molecule has 0 saturated carbocycles. The number of halogens is 4. The van der Waals surface area contributed by atoms with Crippen molar-refractivity contribution in [2.75, 3.05) is 10.6 Å². The molecule has 2 N–H and O–H groups in total. The molecule has 0 fully saturated rings. The van der Waals surface area contributed by atoms with E-state index in [-0.39, 0.29) is 11.8 Å². The molecular weight excluding hydrogens is 423 g/mol. The summed E-state index contributed by atoms with van der Waals surface area (Å²) in [7, 11) is 0. The summed E-state index contributed by atoms with van der Waals surface area (Å²) in [6.07, 6.45) is -3.89. The first-order chi connectivity index (χ1) is 12.8. The summed E-state index contributed by atoms with van der Waals surface area (Å²) >= 11 is 3.27. The maximum Gasteiger partial charge on any atom is 0.421 e. The minimum absolute atomic E-state index is 0.00907. The second kappa shape index (κ2) is 7.63. The number of aromatic nitrogens is 2. The standard InChI is InChI=1S/C18H11BrF3N5/c19-12-2-1-3-14(8-12)25-16-15(18(20,21)22)10-24-17(27-16)26-13-6-4-11(9-23)5-7-13/h1-8,10H,(H2,24,25,26,27). The highest BCUT2D eigenvalue weighted by atomic mass is 79.9. The van der Waals surface area contributed by atoms with E-state index in [1.807, 2.05) is 6.07 Å². The molecule has 0 bridgehead atoms. The van der Waals surface area contributed by atoms with Crippen molar-refractivity contribution in [2.24, 2.45) is 0 Å². The van der Waals surface area contributed by atoms with Gasteiger partial charge in [0.1, 0.15) is 11.4 Å². The molecule has 9 heteroatoms. The highest BCUT2D eigenvalue weighted by molar-refractivity contribution is 9.10. The number of benzene rings is 2. The van der Waals surface area contributed by atoms with Gasteiger partial charge in [-0.25, -0.2) is 4.98 Å². The van der Waals surface area contributed by atoms with Gasteiger partial charge in [-0.1, -0.05) is 22.0 Å². The molecule has 27 heavy (non-hydrogen) atoms. The van der Waals surface area contributed by atoms with E-state index < -0.39 is 11.7 Å². The van der Waals surface area contributed by atoms with Gasteiger partial charge in [-0.3, -0.25) is 0 Å². The largest absolute Gasteiger partial charge is 0.421 e. The number of alkyl halides is 3. The third-order valence-electron chi connectivity index (χ3n) is 3.45. The lowest BCUT2D eigenvalue weighted by molar-refractivity contribution is -0.137. The first kappa shape index (κ1) is 18.7. The van der Waals surface area contributed by atoms with E-state index in [9.17, 15) is 13.2 Å². The molecular formula is C18H11BrF3N5. The summed E-state index contributed by atoms with van der Waals surface area (Å²) in [5.74, 6) is -0.378. The van der Waals surface area contributed by atoms with Crippen LogP contribution < -0.4 is 10.6 Å². The van der Waals surface area contributed by atoms with Crippen LogP contribution in [0.4, 0.5) is 36.3 Å². The van der Waals surface area contributed by atoms with Crippen LogP contribution in [0.5, 0.6) is 0 Å². The third-order valence-corrected chi connectivity index (χ3v) is 3.94. The molecule has 1 aromatic heterocycles. The fraction of sp³-hybridized carbons (Fsp3) is 0.0556. The molecule has 1 heterocycles. The Morgan fingerprint density at radius 1 is 1.00 bits per heavy atom. The number of rotatable bonds is 4. The highest BCUT2D eigenvalue weighted by Crippen LogP contribution is 2.35. The van der Waals surface area contributed by atoms with Crippen LogP contribution in [0.3, 0.4) is 0 Å². The van der Waals surface area contributed by atoms with E-state index in [2.05, 4.69) is 36.5 Å². The van der Waals surface area contributed by atoms with Crippen molar-refractivity contribution < 1.29 is 13.2 Å². The van der Waals surface area contributed by atoms with Gasteiger partial charge in [-0.2, -0.15) is 23.4 Å². The van der Waals surface area contributed by atoms with Crippen molar-refractivity contribution in [3.05, 3.63) is 70.3 Å². The van der Waals surface area contributed by atoms with Crippen LogP contribution in [0.25, 0.3) is 0 Å². The van der Waals surface area contributed by atoms with Gasteiger partial charge in [-0.15, -0.1) is 0 Å². The zero-order chi connectivity index (χ0) is 19.4. The second-order valence-electron chi connectivity index (χ2n) is 5.40. The van der Waals surface area contributed by atoms with Crippen molar-refractivity contribution >= 4 is 39.1 Å². The van der Waals surface area contributed by atoms with Crippen LogP contribution in [0.1, 0.15) is 11.1 Å². The average Bonchev–Trinajstić information content (AvgIpc) is 2.61. The summed E-state index contributed by atoms with van der Waals surface area (Å²) in [5, 5.41) is 14.3. The van der Waals surface area contributed by atoms with E-state index in [4.69, 9.17) is 5.26 Å². The van der Waals surface area contributed by atoms with Crippen molar-refractivity contribution in [2.45, 2.75) is 6.18 Å². The summed E-state index contributed by atoms with van der Waals surface area (Å²) in [5.41, 5.74) is 0.471. The Morgan fingerprint density at radius 3 is 2.37 bits per heavy atom. The number of hydrogen-bond acceptors (Lipinski definition) is 5. The van der Waals surface area contributed by atoms with Crippen LogP contribution in [0.2, 0.25) is 0 Å². The molecule has 0 aliphatic carbocycles. The maximum atomic E-state index is 13.3. The number of nitriles is 1.